The van der Waals surface area contributed by atoms with Gasteiger partial charge in [0, 0.05) is 30.5 Å². The molecule has 1 aromatic heterocycles. The van der Waals surface area contributed by atoms with Gasteiger partial charge in [-0.2, -0.15) is 0 Å². The van der Waals surface area contributed by atoms with Crippen molar-refractivity contribution >= 4 is 23.0 Å². The number of fused-ring (bicyclic) bond motifs is 2. The number of alkyl carbamates (subject to hydrolysis) is 1. The predicted octanol–water partition coefficient (Wildman–Crippen LogP) is 6.37. The first-order valence-corrected chi connectivity index (χ1v) is 14.9. The van der Waals surface area contributed by atoms with Gasteiger partial charge >= 0.3 is 6.09 Å². The van der Waals surface area contributed by atoms with Gasteiger partial charge in [0.25, 0.3) is 0 Å². The highest BCUT2D eigenvalue weighted by Gasteiger charge is 2.37. The molecule has 3 aromatic rings. The van der Waals surface area contributed by atoms with E-state index in [0.717, 1.165) is 53.7 Å². The lowest BCUT2D eigenvalue weighted by Crippen LogP contribution is -2.41. The van der Waals surface area contributed by atoms with Crippen molar-refractivity contribution < 1.29 is 28.2 Å². The summed E-state index contributed by atoms with van der Waals surface area (Å²) in [5, 5.41) is 7.91. The summed E-state index contributed by atoms with van der Waals surface area (Å²) >= 11 is 0. The highest BCUT2D eigenvalue weighted by atomic mass is 16.6. The van der Waals surface area contributed by atoms with Crippen molar-refractivity contribution in [1.29, 1.82) is 0 Å². The summed E-state index contributed by atoms with van der Waals surface area (Å²) in [5.74, 6) is 1.36. The zero-order valence-electron chi connectivity index (χ0n) is 25.0. The zero-order chi connectivity index (χ0) is 29.7. The van der Waals surface area contributed by atoms with E-state index in [1.807, 2.05) is 36.4 Å². The monoisotopic (exact) mass is 575 g/mol. The highest BCUT2D eigenvalue weighted by molar-refractivity contribution is 5.94. The maximum Gasteiger partial charge on any atom is 0.407 e. The Hall–Kier alpha value is -4.01. The number of amides is 2. The fourth-order valence-electron chi connectivity index (χ4n) is 5.72. The summed E-state index contributed by atoms with van der Waals surface area (Å²) in [6, 6.07) is 13.8. The van der Waals surface area contributed by atoms with Gasteiger partial charge in [-0.15, -0.1) is 5.10 Å². The lowest BCUT2D eigenvalue weighted by Gasteiger charge is -2.41. The van der Waals surface area contributed by atoms with Crippen LogP contribution in [0.15, 0.2) is 52.0 Å². The van der Waals surface area contributed by atoms with Crippen molar-refractivity contribution in [3.63, 3.8) is 0 Å². The molecule has 2 aliphatic rings. The van der Waals surface area contributed by atoms with E-state index >= 15 is 0 Å². The number of methoxy groups -OCH3 is 1. The summed E-state index contributed by atoms with van der Waals surface area (Å²) < 4.78 is 23.4. The van der Waals surface area contributed by atoms with Gasteiger partial charge in [-0.1, -0.05) is 18.6 Å². The molecule has 9 nitrogen and oxygen atoms in total. The maximum atomic E-state index is 12.5. The van der Waals surface area contributed by atoms with Gasteiger partial charge in [0.15, 0.2) is 0 Å². The Balaban J connectivity index is 1.37. The third kappa shape index (κ3) is 7.24. The lowest BCUT2D eigenvalue weighted by molar-refractivity contribution is -0.121. The molecule has 0 saturated heterocycles. The summed E-state index contributed by atoms with van der Waals surface area (Å²) in [6.45, 7) is 5.72. The number of carbonyl (C=O) groups is 2. The minimum atomic E-state index is -0.572. The lowest BCUT2D eigenvalue weighted by atomic mass is 9.79. The van der Waals surface area contributed by atoms with E-state index in [1.165, 1.54) is 24.8 Å². The summed E-state index contributed by atoms with van der Waals surface area (Å²) in [5.41, 5.74) is 5.96. The SMILES string of the molecule is COc1ccc(-c2c/c(=N\NC(=O)CCCNC(=O)OC(C)(C)C)oc3cc4c(cc23)CCC2(CCCCC2)O4)cc1. The van der Waals surface area contributed by atoms with Gasteiger partial charge in [0.2, 0.25) is 11.5 Å². The van der Waals surface area contributed by atoms with Crippen LogP contribution >= 0.6 is 0 Å². The van der Waals surface area contributed by atoms with Gasteiger partial charge in [0.1, 0.15) is 28.3 Å². The third-order valence-electron chi connectivity index (χ3n) is 7.82. The Labute approximate surface area is 246 Å². The van der Waals surface area contributed by atoms with E-state index in [2.05, 4.69) is 21.9 Å². The van der Waals surface area contributed by atoms with Crippen LogP contribution in [-0.4, -0.2) is 36.9 Å². The van der Waals surface area contributed by atoms with Crippen LogP contribution in [0.4, 0.5) is 4.79 Å². The number of rotatable bonds is 7. The second kappa shape index (κ2) is 12.5. The molecule has 1 aliphatic heterocycles. The quantitative estimate of drug-likeness (QED) is 0.250. The van der Waals surface area contributed by atoms with E-state index in [9.17, 15) is 9.59 Å². The number of aryl methyl sites for hydroxylation is 1. The van der Waals surface area contributed by atoms with Gasteiger partial charge in [0.05, 0.1) is 7.11 Å². The summed E-state index contributed by atoms with van der Waals surface area (Å²) in [6.07, 6.45) is 7.98. The number of nitrogens with one attached hydrogen (secondary N) is 2. The minimum Gasteiger partial charge on any atom is -0.497 e. The molecule has 1 spiro atoms. The van der Waals surface area contributed by atoms with Crippen LogP contribution in [0.2, 0.25) is 0 Å². The molecular formula is C33H41N3O6. The van der Waals surface area contributed by atoms with Crippen LogP contribution in [-0.2, 0) is 16.0 Å². The molecule has 1 aliphatic carbocycles. The molecule has 0 atom stereocenters. The first kappa shape index (κ1) is 29.5. The first-order chi connectivity index (χ1) is 20.1. The molecule has 0 radical (unpaired) electrons. The van der Waals surface area contributed by atoms with Gasteiger partial charge < -0.3 is 23.9 Å². The topological polar surface area (TPSA) is 111 Å². The van der Waals surface area contributed by atoms with E-state index in [0.29, 0.717) is 18.5 Å². The van der Waals surface area contributed by atoms with E-state index in [-0.39, 0.29) is 23.5 Å². The largest absolute Gasteiger partial charge is 0.497 e. The molecule has 0 bridgehead atoms. The van der Waals surface area contributed by atoms with Crippen LogP contribution in [0.1, 0.15) is 77.7 Å². The van der Waals surface area contributed by atoms with Crippen molar-refractivity contribution in [3.05, 3.63) is 53.6 Å². The van der Waals surface area contributed by atoms with E-state index < -0.39 is 11.7 Å². The van der Waals surface area contributed by atoms with Crippen LogP contribution in [0.25, 0.3) is 22.1 Å². The molecule has 42 heavy (non-hydrogen) atoms. The zero-order valence-corrected chi connectivity index (χ0v) is 25.0. The number of nitrogens with zero attached hydrogens (tertiary/aromatic N) is 1. The molecule has 2 heterocycles. The number of carbonyl (C=O) groups excluding carboxylic acids is 2. The van der Waals surface area contributed by atoms with E-state index in [4.69, 9.17) is 18.6 Å². The number of hydrogen-bond acceptors (Lipinski definition) is 7. The molecule has 2 N–H and O–H groups in total. The van der Waals surface area contributed by atoms with Crippen molar-refractivity contribution in [3.8, 4) is 22.6 Å². The van der Waals surface area contributed by atoms with E-state index in [1.54, 1.807) is 27.9 Å². The van der Waals surface area contributed by atoms with Crippen molar-refractivity contribution in [2.24, 2.45) is 5.10 Å². The summed E-state index contributed by atoms with van der Waals surface area (Å²) in [7, 11) is 1.64. The van der Waals surface area contributed by atoms with Crippen molar-refractivity contribution in [1.82, 2.24) is 10.7 Å². The standard InChI is InChI=1S/C33H41N3O6/c1-32(2,3)42-31(38)34-18-8-9-29(37)35-36-30-20-25(22-10-12-24(39-4)13-11-22)26-19-23-14-17-33(15-6-5-7-16-33)41-27(23)21-28(26)40-30/h10-13,19-21H,5-9,14-18H2,1-4H3,(H,34,38)(H,35,37)/b36-30+. The van der Waals surface area contributed by atoms with Crippen LogP contribution in [0.3, 0.4) is 0 Å². The third-order valence-corrected chi connectivity index (χ3v) is 7.82. The first-order valence-electron chi connectivity index (χ1n) is 14.9. The van der Waals surface area contributed by atoms with Crippen LogP contribution in [0, 0.1) is 0 Å². The Bertz CT molecular complexity index is 1500. The van der Waals surface area contributed by atoms with Gasteiger partial charge in [-0.3, -0.25) is 4.79 Å². The fourth-order valence-corrected chi connectivity index (χ4v) is 5.72. The maximum absolute atomic E-state index is 12.5. The fraction of sp³-hybridized carbons (Fsp3) is 0.485. The second-order valence-corrected chi connectivity index (χ2v) is 12.2. The van der Waals surface area contributed by atoms with Crippen LogP contribution < -0.4 is 25.8 Å². The Morgan fingerprint density at radius 3 is 2.50 bits per heavy atom. The second-order valence-electron chi connectivity index (χ2n) is 12.2. The average molecular weight is 576 g/mol. The number of hydrogen-bond donors (Lipinski definition) is 2. The van der Waals surface area contributed by atoms with Gasteiger partial charge in [-0.05, 0) is 101 Å². The summed E-state index contributed by atoms with van der Waals surface area (Å²) in [4.78, 5) is 24.3. The normalized spacial score (nSPS) is 16.4. The van der Waals surface area contributed by atoms with Crippen molar-refractivity contribution in [2.75, 3.05) is 13.7 Å². The molecule has 2 amide bonds. The Morgan fingerprint density at radius 2 is 1.79 bits per heavy atom. The molecule has 9 heteroatoms. The molecular weight excluding hydrogens is 534 g/mol. The number of benzene rings is 2. The molecule has 0 unspecified atom stereocenters. The average Bonchev–Trinajstić information content (AvgIpc) is 2.96. The molecule has 1 fully saturated rings. The molecule has 5 rings (SSSR count). The minimum absolute atomic E-state index is 0.0773. The van der Waals surface area contributed by atoms with Crippen LogP contribution in [0.5, 0.6) is 11.5 Å². The van der Waals surface area contributed by atoms with Crippen molar-refractivity contribution in [2.45, 2.75) is 89.8 Å². The Morgan fingerprint density at radius 1 is 1.02 bits per heavy atom. The predicted molar refractivity (Wildman–Crippen MR) is 160 cm³/mol. The molecule has 224 valence electrons. The highest BCUT2D eigenvalue weighted by Crippen LogP contribution is 2.44. The number of ether oxygens (including phenoxy) is 3. The smallest absolute Gasteiger partial charge is 0.407 e. The van der Waals surface area contributed by atoms with Gasteiger partial charge in [-0.25, -0.2) is 10.2 Å². The molecule has 2 aromatic carbocycles. The molecule has 1 saturated carbocycles. The Kier molecular flexibility index (Phi) is 8.75.